The largest absolute Gasteiger partial charge is 0.361 e. The van der Waals surface area contributed by atoms with Gasteiger partial charge in [-0.3, -0.25) is 29.8 Å². The van der Waals surface area contributed by atoms with E-state index in [2.05, 4.69) is 49.5 Å². The van der Waals surface area contributed by atoms with E-state index in [9.17, 15) is 19.2 Å². The smallest absolute Gasteiger partial charge is 0.259 e. The molecule has 73 heavy (non-hydrogen) atoms. The Morgan fingerprint density at radius 3 is 1.73 bits per heavy atom. The molecule has 6 atom stereocenters. The quantitative estimate of drug-likeness (QED) is 0.0997. The normalized spacial score (nSPS) is 24.8. The van der Waals surface area contributed by atoms with Crippen molar-refractivity contribution in [3.8, 4) is 0 Å². The number of halogens is 1. The first kappa shape index (κ1) is 44.1. The molecule has 5 aromatic carbocycles. The highest BCUT2D eigenvalue weighted by molar-refractivity contribution is 6.52. The number of para-hydroxylation sites is 4. The number of benzene rings is 5. The number of allylic oxidation sites excluding steroid dienone is 2. The third-order valence-electron chi connectivity index (χ3n) is 15.3. The van der Waals surface area contributed by atoms with Crippen LogP contribution in [0, 0.1) is 0 Å². The van der Waals surface area contributed by atoms with Crippen molar-refractivity contribution >= 4 is 112 Å². The molecule has 8 heterocycles. The number of carbonyl (C=O) groups is 4. The summed E-state index contributed by atoms with van der Waals surface area (Å²) in [5, 5.41) is 10.6. The highest BCUT2D eigenvalue weighted by Crippen LogP contribution is 2.49. The number of H-pyrrole nitrogens is 2. The van der Waals surface area contributed by atoms with E-state index in [1.807, 2.05) is 129 Å². The molecule has 4 N–H and O–H groups in total. The van der Waals surface area contributed by atoms with Gasteiger partial charge in [0, 0.05) is 79.0 Å². The molecule has 15 heteroatoms. The van der Waals surface area contributed by atoms with Crippen LogP contribution in [-0.4, -0.2) is 78.7 Å². The van der Waals surface area contributed by atoms with Gasteiger partial charge in [-0.25, -0.2) is 0 Å². The average molecular weight is 992 g/mol. The third-order valence-corrected chi connectivity index (χ3v) is 15.6. The maximum absolute atomic E-state index is 13.3. The average Bonchev–Trinajstić information content (AvgIpc) is 4.25. The van der Waals surface area contributed by atoms with Crippen LogP contribution in [0.5, 0.6) is 0 Å². The number of hydrogen-bond donors (Lipinski definition) is 4. The Morgan fingerprint density at radius 1 is 0.534 bits per heavy atom. The molecule has 0 spiro atoms. The second-order valence-corrected chi connectivity index (χ2v) is 20.9. The van der Waals surface area contributed by atoms with Gasteiger partial charge in [0.15, 0.2) is 11.6 Å². The van der Waals surface area contributed by atoms with Gasteiger partial charge in [-0.2, -0.15) is 0 Å². The van der Waals surface area contributed by atoms with Crippen LogP contribution in [0.3, 0.4) is 0 Å². The summed E-state index contributed by atoms with van der Waals surface area (Å²) in [5.74, 6) is -2.85. The van der Waals surface area contributed by atoms with Gasteiger partial charge in [-0.1, -0.05) is 109 Å². The van der Waals surface area contributed by atoms with Gasteiger partial charge in [-0.15, -0.1) is 0 Å². The van der Waals surface area contributed by atoms with Gasteiger partial charge in [0.2, 0.25) is 0 Å². The van der Waals surface area contributed by atoms with E-state index in [0.29, 0.717) is 39.4 Å². The predicted molar refractivity (Wildman–Crippen MR) is 279 cm³/mol. The molecule has 0 saturated carbocycles. The molecule has 0 radical (unpaired) electrons. The van der Waals surface area contributed by atoms with Gasteiger partial charge in [0.05, 0.1) is 63.1 Å². The van der Waals surface area contributed by atoms with Crippen LogP contribution >= 0.6 is 11.6 Å². The number of nitrogens with one attached hydrogen (secondary N) is 4. The highest BCUT2D eigenvalue weighted by Gasteiger charge is 2.46. The minimum Gasteiger partial charge on any atom is -0.361 e. The molecule has 4 aromatic heterocycles. The van der Waals surface area contributed by atoms with Crippen molar-refractivity contribution in [3.63, 3.8) is 0 Å². The Morgan fingerprint density at radius 2 is 1.05 bits per heavy atom. The Bertz CT molecular complexity index is 4050. The molecule has 9 aromatic rings. The van der Waals surface area contributed by atoms with E-state index < -0.39 is 23.4 Å². The Labute approximate surface area is 421 Å². The monoisotopic (exact) mass is 990 g/mol. The van der Waals surface area contributed by atoms with Crippen molar-refractivity contribution in [2.75, 3.05) is 0 Å². The topological polar surface area (TPSA) is 171 Å². The fourth-order valence-electron chi connectivity index (χ4n) is 12.6. The summed E-state index contributed by atoms with van der Waals surface area (Å²) in [6, 6.07) is 31.4. The third kappa shape index (κ3) is 6.57. The van der Waals surface area contributed by atoms with E-state index in [1.165, 1.54) is 0 Å². The van der Waals surface area contributed by atoms with Crippen molar-refractivity contribution in [1.82, 2.24) is 29.7 Å². The number of fused-ring (bicyclic) bond motifs is 14. The lowest BCUT2D eigenvalue weighted by atomic mass is 9.95. The molecule has 6 aliphatic rings. The molecule has 15 rings (SSSR count). The number of carbonyl (C=O) groups excluding carboxylic acids is 4. The zero-order valence-electron chi connectivity index (χ0n) is 40.0. The number of ether oxygens (including phenoxy) is 4. The van der Waals surface area contributed by atoms with E-state index in [-0.39, 0.29) is 53.9 Å². The van der Waals surface area contributed by atoms with Gasteiger partial charge in [0.25, 0.3) is 23.6 Å². The summed E-state index contributed by atoms with van der Waals surface area (Å²) in [6.07, 6.45) is 11.2. The van der Waals surface area contributed by atoms with E-state index in [1.54, 1.807) is 6.20 Å². The second-order valence-electron chi connectivity index (χ2n) is 20.6. The molecule has 2 unspecified atom stereocenters. The molecule has 4 amide bonds. The summed E-state index contributed by atoms with van der Waals surface area (Å²) >= 11 is 7.15. The van der Waals surface area contributed by atoms with Crippen LogP contribution in [0.4, 0.5) is 0 Å². The van der Waals surface area contributed by atoms with Gasteiger partial charge < -0.3 is 38.0 Å². The molecule has 4 aliphatic heterocycles. The lowest BCUT2D eigenvalue weighted by molar-refractivity contribution is -0.143. The number of hydrogen-bond acceptors (Lipinski definition) is 8. The van der Waals surface area contributed by atoms with E-state index in [0.717, 1.165) is 71.8 Å². The highest BCUT2D eigenvalue weighted by atomic mass is 35.5. The molecule has 2 fully saturated rings. The predicted octanol–water partition coefficient (Wildman–Crippen LogP) is 10.7. The van der Waals surface area contributed by atoms with E-state index >= 15 is 0 Å². The summed E-state index contributed by atoms with van der Waals surface area (Å²) < 4.78 is 28.8. The van der Waals surface area contributed by atoms with Crippen molar-refractivity contribution in [1.29, 1.82) is 0 Å². The van der Waals surface area contributed by atoms with Crippen LogP contribution in [0.15, 0.2) is 128 Å². The number of rotatable bonds is 4. The Hall–Kier alpha value is -7.59. The Kier molecular flexibility index (Phi) is 9.50. The molecule has 364 valence electrons. The molecule has 14 nitrogen and oxygen atoms in total. The molecule has 2 aliphatic carbocycles. The van der Waals surface area contributed by atoms with Crippen molar-refractivity contribution in [3.05, 3.63) is 155 Å². The number of nitrogens with zero attached hydrogens (tertiary/aromatic N) is 2. The van der Waals surface area contributed by atoms with Crippen molar-refractivity contribution in [2.45, 2.75) is 88.6 Å². The van der Waals surface area contributed by atoms with Gasteiger partial charge >= 0.3 is 0 Å². The molecule has 2 saturated heterocycles. The van der Waals surface area contributed by atoms with Crippen LogP contribution < -0.4 is 10.6 Å². The maximum Gasteiger partial charge on any atom is 0.259 e. The SMILES string of the molecule is CC1(C)O[C@H]2C=CC(n3c(Cl)c(C4=C(c5c[nH]c6ccccc56)C(=O)NC4=O)c4ccccc43)C[C@H]2O1.CC1(C)O[C@H]2C=CC(n3c4ccccc4c4c5c(c6c7ccccc7[nH]c6c43)C(=O)NC5=O)C[C@H]2O1. The van der Waals surface area contributed by atoms with Crippen molar-refractivity contribution < 1.29 is 38.1 Å². The minimum atomic E-state index is -0.649. The summed E-state index contributed by atoms with van der Waals surface area (Å²) in [5.41, 5.74) is 8.25. The van der Waals surface area contributed by atoms with Crippen molar-refractivity contribution in [2.24, 2.45) is 0 Å². The summed E-state index contributed by atoms with van der Waals surface area (Å²) in [4.78, 5) is 59.6. The number of amides is 4. The zero-order chi connectivity index (χ0) is 49.8. The fraction of sp³-hybridized carbons (Fsp3) is 0.241. The van der Waals surface area contributed by atoms with Crippen LogP contribution in [0.25, 0.3) is 76.6 Å². The number of aromatic nitrogens is 4. The second kappa shape index (κ2) is 15.7. The van der Waals surface area contributed by atoms with Gasteiger partial charge in [-0.05, 0) is 52.0 Å². The lowest BCUT2D eigenvalue weighted by Gasteiger charge is -2.27. The number of aromatic amines is 2. The number of imide groups is 2. The lowest BCUT2D eigenvalue weighted by Crippen LogP contribution is -2.28. The van der Waals surface area contributed by atoms with Crippen LogP contribution in [0.2, 0.25) is 5.15 Å². The molecular weight excluding hydrogens is 944 g/mol. The Balaban J connectivity index is 0.000000135. The summed E-state index contributed by atoms with van der Waals surface area (Å²) in [7, 11) is 0. The van der Waals surface area contributed by atoms with Crippen LogP contribution in [-0.2, 0) is 28.5 Å². The standard InChI is InChI=1S/C29H24ClN3O4.C29H23N3O4/c1-29(2)36-21-12-11-15(13-22(21)37-29)33-20-10-6-4-8-17(20)23(26(33)30)25-24(27(34)32-28(25)35)18-14-31-19-9-5-3-7-16(18)19;1-29(2)35-19-12-11-14(13-20(19)36-29)32-18-10-6-4-8-16(18)22-24-23(27(33)31-28(24)34)21-15-7-3-5-9-17(15)30-25(21)26(22)32/h3-12,14-15,21-22,31H,13H2,1-2H3,(H,32,34,35);3-12,14,19-20,30H,13H2,1-2H3,(H,31,33,34)/t15?,21-,22+;14?,19-,20+/m00/s1. The first-order chi connectivity index (χ1) is 35.2. The minimum absolute atomic E-state index is 0.0148. The summed E-state index contributed by atoms with van der Waals surface area (Å²) in [6.45, 7) is 7.72. The van der Waals surface area contributed by atoms with Gasteiger partial charge in [0.1, 0.15) is 17.4 Å². The zero-order valence-corrected chi connectivity index (χ0v) is 40.8. The van der Waals surface area contributed by atoms with Crippen LogP contribution in [0.1, 0.15) is 84.5 Å². The van der Waals surface area contributed by atoms with E-state index in [4.69, 9.17) is 30.5 Å². The molecule has 0 bridgehead atoms. The first-order valence-electron chi connectivity index (χ1n) is 24.6. The fourth-order valence-corrected chi connectivity index (χ4v) is 13.0. The maximum atomic E-state index is 13.3. The first-order valence-corrected chi connectivity index (χ1v) is 25.0. The molecular formula is C58H47ClN6O8.